The van der Waals surface area contributed by atoms with E-state index in [4.69, 9.17) is 5.11 Å². The van der Waals surface area contributed by atoms with Crippen LogP contribution in [0.4, 0.5) is 0 Å². The molecule has 0 spiro atoms. The van der Waals surface area contributed by atoms with E-state index in [9.17, 15) is 9.59 Å². The molecular formula is C14H14N2O3. The first kappa shape index (κ1) is 13.0. The minimum Gasteiger partial charge on any atom is -0.481 e. The zero-order chi connectivity index (χ0) is 13.8. The number of fused-ring (bicyclic) bond motifs is 1. The summed E-state index contributed by atoms with van der Waals surface area (Å²) >= 11 is 0. The SMILES string of the molecule is CC(=O)NC(CC(=O)O)c1ccc2ncccc2c1. The summed E-state index contributed by atoms with van der Waals surface area (Å²) in [5, 5.41) is 12.5. The molecule has 98 valence electrons. The van der Waals surface area contributed by atoms with Gasteiger partial charge in [-0.25, -0.2) is 0 Å². The Bertz CT molecular complexity index is 609. The van der Waals surface area contributed by atoms with Crippen molar-refractivity contribution >= 4 is 22.8 Å². The maximum atomic E-state index is 11.2. The maximum absolute atomic E-state index is 11.2. The van der Waals surface area contributed by atoms with Crippen molar-refractivity contribution in [3.8, 4) is 0 Å². The van der Waals surface area contributed by atoms with Gasteiger partial charge in [0.15, 0.2) is 0 Å². The summed E-state index contributed by atoms with van der Waals surface area (Å²) in [5.41, 5.74) is 1.60. The second kappa shape index (κ2) is 5.48. The van der Waals surface area contributed by atoms with Gasteiger partial charge in [-0.3, -0.25) is 14.6 Å². The van der Waals surface area contributed by atoms with E-state index in [1.165, 1.54) is 6.92 Å². The fraction of sp³-hybridized carbons (Fsp3) is 0.214. The van der Waals surface area contributed by atoms with Gasteiger partial charge in [-0.05, 0) is 23.8 Å². The number of carboxylic acids is 1. The van der Waals surface area contributed by atoms with Crippen LogP contribution in [0, 0.1) is 0 Å². The van der Waals surface area contributed by atoms with Crippen molar-refractivity contribution in [2.45, 2.75) is 19.4 Å². The second-order valence-corrected chi connectivity index (χ2v) is 4.31. The van der Waals surface area contributed by atoms with Gasteiger partial charge in [-0.15, -0.1) is 0 Å². The van der Waals surface area contributed by atoms with Gasteiger partial charge in [0.05, 0.1) is 18.0 Å². The molecule has 5 heteroatoms. The minimum atomic E-state index is -0.954. The standard InChI is InChI=1S/C14H14N2O3/c1-9(17)16-13(8-14(18)19)11-4-5-12-10(7-11)3-2-6-15-12/h2-7,13H,8H2,1H3,(H,16,17)(H,18,19). The van der Waals surface area contributed by atoms with Crippen LogP contribution in [0.3, 0.4) is 0 Å². The van der Waals surface area contributed by atoms with E-state index >= 15 is 0 Å². The van der Waals surface area contributed by atoms with Crippen molar-refractivity contribution in [2.75, 3.05) is 0 Å². The van der Waals surface area contributed by atoms with Crippen LogP contribution < -0.4 is 5.32 Å². The Hall–Kier alpha value is -2.43. The molecule has 0 aliphatic heterocycles. The molecule has 2 aromatic rings. The highest BCUT2D eigenvalue weighted by molar-refractivity contribution is 5.80. The average molecular weight is 258 g/mol. The molecule has 1 atom stereocenters. The highest BCUT2D eigenvalue weighted by atomic mass is 16.4. The van der Waals surface area contributed by atoms with Crippen LogP contribution in [0.25, 0.3) is 10.9 Å². The number of rotatable bonds is 4. The lowest BCUT2D eigenvalue weighted by atomic mass is 10.0. The predicted octanol–water partition coefficient (Wildman–Crippen LogP) is 1.89. The van der Waals surface area contributed by atoms with Gasteiger partial charge in [0, 0.05) is 18.5 Å². The summed E-state index contributed by atoms with van der Waals surface area (Å²) in [6.45, 7) is 1.37. The molecule has 1 heterocycles. The number of aromatic nitrogens is 1. The topological polar surface area (TPSA) is 79.3 Å². The lowest BCUT2D eigenvalue weighted by Gasteiger charge is -2.16. The Morgan fingerprint density at radius 3 is 2.84 bits per heavy atom. The molecule has 2 rings (SSSR count). The zero-order valence-corrected chi connectivity index (χ0v) is 10.5. The van der Waals surface area contributed by atoms with Gasteiger partial charge in [-0.2, -0.15) is 0 Å². The van der Waals surface area contributed by atoms with Crippen LogP contribution in [0.15, 0.2) is 36.5 Å². The van der Waals surface area contributed by atoms with Crippen molar-refractivity contribution in [1.29, 1.82) is 0 Å². The molecule has 1 amide bonds. The normalized spacial score (nSPS) is 12.1. The predicted molar refractivity (Wildman–Crippen MR) is 70.6 cm³/mol. The zero-order valence-electron chi connectivity index (χ0n) is 10.5. The first-order valence-electron chi connectivity index (χ1n) is 5.90. The van der Waals surface area contributed by atoms with Crippen LogP contribution >= 0.6 is 0 Å². The average Bonchev–Trinajstić information content (AvgIpc) is 2.36. The Balaban J connectivity index is 2.37. The molecule has 0 saturated heterocycles. The van der Waals surface area contributed by atoms with Crippen LogP contribution in [-0.4, -0.2) is 22.0 Å². The molecule has 0 saturated carbocycles. The van der Waals surface area contributed by atoms with E-state index in [1.54, 1.807) is 12.3 Å². The van der Waals surface area contributed by atoms with Crippen LogP contribution in [0.5, 0.6) is 0 Å². The molecular weight excluding hydrogens is 244 g/mol. The molecule has 1 aromatic heterocycles. The van der Waals surface area contributed by atoms with Gasteiger partial charge in [0.2, 0.25) is 5.91 Å². The van der Waals surface area contributed by atoms with E-state index < -0.39 is 12.0 Å². The third-order valence-corrected chi connectivity index (χ3v) is 2.79. The number of amides is 1. The highest BCUT2D eigenvalue weighted by Crippen LogP contribution is 2.21. The third-order valence-electron chi connectivity index (χ3n) is 2.79. The Kier molecular flexibility index (Phi) is 3.75. The molecule has 5 nitrogen and oxygen atoms in total. The first-order chi connectivity index (χ1) is 9.06. The van der Waals surface area contributed by atoms with E-state index in [0.717, 1.165) is 16.5 Å². The maximum Gasteiger partial charge on any atom is 0.305 e. The monoisotopic (exact) mass is 258 g/mol. The Labute approximate surface area is 110 Å². The summed E-state index contributed by atoms with van der Waals surface area (Å²) in [4.78, 5) is 26.2. The number of hydrogen-bond acceptors (Lipinski definition) is 3. The number of nitrogens with one attached hydrogen (secondary N) is 1. The number of carbonyl (C=O) groups is 2. The quantitative estimate of drug-likeness (QED) is 0.877. The molecule has 0 fully saturated rings. The number of hydrogen-bond donors (Lipinski definition) is 2. The van der Waals surface area contributed by atoms with Crippen LogP contribution in [-0.2, 0) is 9.59 Å². The highest BCUT2D eigenvalue weighted by Gasteiger charge is 2.16. The van der Waals surface area contributed by atoms with Crippen molar-refractivity contribution < 1.29 is 14.7 Å². The molecule has 19 heavy (non-hydrogen) atoms. The third kappa shape index (κ3) is 3.28. The molecule has 1 unspecified atom stereocenters. The second-order valence-electron chi connectivity index (χ2n) is 4.31. The lowest BCUT2D eigenvalue weighted by Crippen LogP contribution is -2.27. The molecule has 0 bridgehead atoms. The minimum absolute atomic E-state index is 0.147. The van der Waals surface area contributed by atoms with Gasteiger partial charge >= 0.3 is 5.97 Å². The number of carboxylic acid groups (broad SMARTS) is 1. The molecule has 2 N–H and O–H groups in total. The Morgan fingerprint density at radius 2 is 2.16 bits per heavy atom. The number of carbonyl (C=O) groups excluding carboxylic acids is 1. The summed E-state index contributed by atoms with van der Waals surface area (Å²) in [6.07, 6.45) is 1.55. The number of nitrogens with zero attached hydrogens (tertiary/aromatic N) is 1. The number of aliphatic carboxylic acids is 1. The fourth-order valence-corrected chi connectivity index (χ4v) is 1.98. The van der Waals surface area contributed by atoms with Gasteiger partial charge < -0.3 is 10.4 Å². The summed E-state index contributed by atoms with van der Waals surface area (Å²) in [5.74, 6) is -1.21. The van der Waals surface area contributed by atoms with Crippen molar-refractivity contribution in [1.82, 2.24) is 10.3 Å². The van der Waals surface area contributed by atoms with E-state index in [1.807, 2.05) is 24.3 Å². The van der Waals surface area contributed by atoms with E-state index in [-0.39, 0.29) is 12.3 Å². The number of pyridine rings is 1. The smallest absolute Gasteiger partial charge is 0.305 e. The van der Waals surface area contributed by atoms with Crippen molar-refractivity contribution in [3.63, 3.8) is 0 Å². The van der Waals surface area contributed by atoms with Crippen LogP contribution in [0.2, 0.25) is 0 Å². The Morgan fingerprint density at radius 1 is 1.37 bits per heavy atom. The summed E-state index contributed by atoms with van der Waals surface area (Å²) in [6, 6.07) is 8.65. The van der Waals surface area contributed by atoms with Gasteiger partial charge in [0.25, 0.3) is 0 Å². The van der Waals surface area contributed by atoms with Gasteiger partial charge in [0.1, 0.15) is 0 Å². The molecule has 0 aliphatic rings. The van der Waals surface area contributed by atoms with Crippen molar-refractivity contribution in [3.05, 3.63) is 42.1 Å². The first-order valence-corrected chi connectivity index (χ1v) is 5.90. The molecule has 0 aliphatic carbocycles. The van der Waals surface area contributed by atoms with E-state index in [0.29, 0.717) is 0 Å². The van der Waals surface area contributed by atoms with E-state index in [2.05, 4.69) is 10.3 Å². The van der Waals surface area contributed by atoms with Crippen molar-refractivity contribution in [2.24, 2.45) is 0 Å². The summed E-state index contributed by atoms with van der Waals surface area (Å²) in [7, 11) is 0. The molecule has 1 aromatic carbocycles. The fourth-order valence-electron chi connectivity index (χ4n) is 1.98. The van der Waals surface area contributed by atoms with Crippen LogP contribution in [0.1, 0.15) is 24.9 Å². The lowest BCUT2D eigenvalue weighted by molar-refractivity contribution is -0.137. The van der Waals surface area contributed by atoms with Gasteiger partial charge in [-0.1, -0.05) is 12.1 Å². The number of benzene rings is 1. The summed E-state index contributed by atoms with van der Waals surface area (Å²) < 4.78 is 0. The molecule has 0 radical (unpaired) electrons. The largest absolute Gasteiger partial charge is 0.481 e.